The van der Waals surface area contributed by atoms with Crippen molar-refractivity contribution in [3.8, 4) is 11.3 Å². The number of hydrogen-bond donors (Lipinski definition) is 4. The number of aromatic nitrogens is 2. The number of nitrogens with one attached hydrogen (secondary N) is 4. The van der Waals surface area contributed by atoms with E-state index in [1.54, 1.807) is 4.68 Å². The summed E-state index contributed by atoms with van der Waals surface area (Å²) in [5.41, 5.74) is 1.67. The minimum atomic E-state index is -0.500. The minimum absolute atomic E-state index is 0.0150. The molecule has 29 heavy (non-hydrogen) atoms. The van der Waals surface area contributed by atoms with Crippen LogP contribution in [0.15, 0.2) is 36.4 Å². The van der Waals surface area contributed by atoms with Crippen LogP contribution in [0.3, 0.4) is 0 Å². The van der Waals surface area contributed by atoms with Gasteiger partial charge in [0.15, 0.2) is 6.29 Å². The molecule has 3 amide bonds. The molecule has 0 radical (unpaired) electrons. The first kappa shape index (κ1) is 19.4. The van der Waals surface area contributed by atoms with E-state index >= 15 is 0 Å². The van der Waals surface area contributed by atoms with E-state index in [1.807, 2.05) is 50.2 Å². The van der Waals surface area contributed by atoms with E-state index in [4.69, 9.17) is 5.10 Å². The first-order valence-corrected chi connectivity index (χ1v) is 10.3. The number of anilines is 1. The average molecular weight is 396 g/mol. The highest BCUT2D eigenvalue weighted by Gasteiger charge is 2.40. The summed E-state index contributed by atoms with van der Waals surface area (Å²) in [7, 11) is 0. The van der Waals surface area contributed by atoms with Gasteiger partial charge in [0, 0.05) is 24.2 Å². The van der Waals surface area contributed by atoms with Crippen molar-refractivity contribution in [1.29, 1.82) is 0 Å². The lowest BCUT2D eigenvalue weighted by Crippen LogP contribution is -2.57. The Morgan fingerprint density at radius 3 is 2.83 bits per heavy atom. The SMILES string of the molecule is CC(C)CNC(=O)Nc1cc(-c2ccccc2)nn1C1NC(=O)C2CCCC2N1. The van der Waals surface area contributed by atoms with Gasteiger partial charge in [0.2, 0.25) is 5.91 Å². The quantitative estimate of drug-likeness (QED) is 0.624. The third kappa shape index (κ3) is 4.27. The van der Waals surface area contributed by atoms with Gasteiger partial charge in [-0.1, -0.05) is 50.6 Å². The Kier molecular flexibility index (Phi) is 5.53. The second kappa shape index (κ2) is 8.24. The number of fused-ring (bicyclic) bond motifs is 1. The van der Waals surface area contributed by atoms with Gasteiger partial charge >= 0.3 is 6.03 Å². The zero-order chi connectivity index (χ0) is 20.4. The van der Waals surface area contributed by atoms with Crippen LogP contribution < -0.4 is 21.3 Å². The van der Waals surface area contributed by atoms with Gasteiger partial charge in [0.1, 0.15) is 5.82 Å². The molecule has 2 aliphatic rings. The molecule has 4 N–H and O–H groups in total. The molecule has 154 valence electrons. The van der Waals surface area contributed by atoms with E-state index in [2.05, 4.69) is 21.3 Å². The van der Waals surface area contributed by atoms with Crippen LogP contribution in [0, 0.1) is 11.8 Å². The molecule has 0 bridgehead atoms. The van der Waals surface area contributed by atoms with Crippen LogP contribution in [0.4, 0.5) is 10.6 Å². The Balaban J connectivity index is 1.61. The van der Waals surface area contributed by atoms with Crippen molar-refractivity contribution >= 4 is 17.8 Å². The molecular formula is C21H28N6O2. The summed E-state index contributed by atoms with van der Waals surface area (Å²) in [5.74, 6) is 0.938. The van der Waals surface area contributed by atoms with Crippen LogP contribution in [0.5, 0.6) is 0 Å². The molecule has 8 heteroatoms. The highest BCUT2D eigenvalue weighted by molar-refractivity contribution is 5.89. The van der Waals surface area contributed by atoms with Gasteiger partial charge in [0.05, 0.1) is 11.6 Å². The molecule has 0 spiro atoms. The number of carbonyl (C=O) groups is 2. The summed E-state index contributed by atoms with van der Waals surface area (Å²) in [6.07, 6.45) is 2.42. The van der Waals surface area contributed by atoms with Gasteiger partial charge in [-0.3, -0.25) is 15.4 Å². The molecule has 1 aromatic carbocycles. The smallest absolute Gasteiger partial charge is 0.320 e. The van der Waals surface area contributed by atoms with Crippen molar-refractivity contribution in [2.24, 2.45) is 11.8 Å². The van der Waals surface area contributed by atoms with Crippen molar-refractivity contribution in [2.45, 2.75) is 45.4 Å². The number of nitrogens with zero attached hydrogens (tertiary/aromatic N) is 2. The number of carbonyl (C=O) groups excluding carboxylic acids is 2. The van der Waals surface area contributed by atoms with Crippen molar-refractivity contribution in [1.82, 2.24) is 25.7 Å². The van der Waals surface area contributed by atoms with E-state index in [-0.39, 0.29) is 23.9 Å². The number of amides is 3. The van der Waals surface area contributed by atoms with Crippen molar-refractivity contribution in [2.75, 3.05) is 11.9 Å². The van der Waals surface area contributed by atoms with E-state index in [0.29, 0.717) is 18.3 Å². The third-order valence-corrected chi connectivity index (χ3v) is 5.47. The molecule has 3 atom stereocenters. The van der Waals surface area contributed by atoms with Gasteiger partial charge < -0.3 is 10.6 Å². The van der Waals surface area contributed by atoms with Crippen LogP contribution in [-0.4, -0.2) is 34.3 Å². The van der Waals surface area contributed by atoms with Gasteiger partial charge in [-0.25, -0.2) is 9.48 Å². The summed E-state index contributed by atoms with van der Waals surface area (Å²) in [6, 6.07) is 11.5. The minimum Gasteiger partial charge on any atom is -0.338 e. The Bertz CT molecular complexity index is 879. The fourth-order valence-electron chi connectivity index (χ4n) is 3.98. The lowest BCUT2D eigenvalue weighted by molar-refractivity contribution is -0.130. The highest BCUT2D eigenvalue weighted by atomic mass is 16.2. The normalized spacial score (nSPS) is 23.6. The lowest BCUT2D eigenvalue weighted by atomic mass is 10.0. The second-order valence-corrected chi connectivity index (χ2v) is 8.18. The Labute approximate surface area is 170 Å². The summed E-state index contributed by atoms with van der Waals surface area (Å²) in [5, 5.41) is 16.9. The van der Waals surface area contributed by atoms with E-state index in [9.17, 15) is 9.59 Å². The first-order chi connectivity index (χ1) is 14.0. The largest absolute Gasteiger partial charge is 0.338 e. The highest BCUT2D eigenvalue weighted by Crippen LogP contribution is 2.31. The summed E-state index contributed by atoms with van der Waals surface area (Å²) in [6.45, 7) is 4.66. The lowest BCUT2D eigenvalue weighted by Gasteiger charge is -2.34. The molecule has 1 aromatic heterocycles. The van der Waals surface area contributed by atoms with E-state index in [1.165, 1.54) is 0 Å². The Hall–Kier alpha value is -2.87. The van der Waals surface area contributed by atoms with Gasteiger partial charge in [-0.2, -0.15) is 5.10 Å². The summed E-state index contributed by atoms with van der Waals surface area (Å²) in [4.78, 5) is 24.9. The van der Waals surface area contributed by atoms with Gasteiger partial charge in [-0.05, 0) is 18.8 Å². The van der Waals surface area contributed by atoms with Crippen molar-refractivity contribution < 1.29 is 9.59 Å². The summed E-state index contributed by atoms with van der Waals surface area (Å²) < 4.78 is 1.66. The van der Waals surface area contributed by atoms with Crippen molar-refractivity contribution in [3.63, 3.8) is 0 Å². The molecule has 2 fully saturated rings. The molecule has 4 rings (SSSR count). The Morgan fingerprint density at radius 1 is 1.28 bits per heavy atom. The number of benzene rings is 1. The molecule has 1 saturated carbocycles. The maximum Gasteiger partial charge on any atom is 0.320 e. The predicted octanol–water partition coefficient (Wildman–Crippen LogP) is 2.67. The van der Waals surface area contributed by atoms with Gasteiger partial charge in [0.25, 0.3) is 0 Å². The molecule has 8 nitrogen and oxygen atoms in total. The maximum absolute atomic E-state index is 12.6. The number of hydrogen-bond acceptors (Lipinski definition) is 4. The van der Waals surface area contributed by atoms with Crippen LogP contribution in [0.2, 0.25) is 0 Å². The van der Waals surface area contributed by atoms with Gasteiger partial charge in [-0.15, -0.1) is 0 Å². The van der Waals surface area contributed by atoms with Crippen LogP contribution >= 0.6 is 0 Å². The topological polar surface area (TPSA) is 100 Å². The molecule has 1 aliphatic heterocycles. The molecule has 2 aromatic rings. The molecule has 1 aliphatic carbocycles. The first-order valence-electron chi connectivity index (χ1n) is 10.3. The summed E-state index contributed by atoms with van der Waals surface area (Å²) >= 11 is 0. The molecule has 1 saturated heterocycles. The molecule has 2 heterocycles. The molecular weight excluding hydrogens is 368 g/mol. The zero-order valence-electron chi connectivity index (χ0n) is 16.8. The standard InChI is InChI=1S/C21H28N6O2/c1-13(2)12-22-21(29)24-18-11-17(14-7-4-3-5-8-14)26-27(18)20-23-16-10-6-9-15(16)19(28)25-20/h3-5,7-8,11,13,15-16,20,23H,6,9-10,12H2,1-2H3,(H,25,28)(H2,22,24,29). The monoisotopic (exact) mass is 396 g/mol. The number of urea groups is 1. The van der Waals surface area contributed by atoms with Crippen LogP contribution in [-0.2, 0) is 4.79 Å². The molecule has 3 unspecified atom stereocenters. The average Bonchev–Trinajstić information content (AvgIpc) is 3.34. The fourth-order valence-corrected chi connectivity index (χ4v) is 3.98. The van der Waals surface area contributed by atoms with Crippen molar-refractivity contribution in [3.05, 3.63) is 36.4 Å². The number of rotatable bonds is 5. The Morgan fingerprint density at radius 2 is 2.07 bits per heavy atom. The second-order valence-electron chi connectivity index (χ2n) is 8.18. The van der Waals surface area contributed by atoms with Crippen LogP contribution in [0.25, 0.3) is 11.3 Å². The van der Waals surface area contributed by atoms with Crippen LogP contribution in [0.1, 0.15) is 39.4 Å². The predicted molar refractivity (Wildman–Crippen MR) is 111 cm³/mol. The maximum atomic E-state index is 12.6. The zero-order valence-corrected chi connectivity index (χ0v) is 16.8. The van der Waals surface area contributed by atoms with E-state index < -0.39 is 6.29 Å². The fraction of sp³-hybridized carbons (Fsp3) is 0.476. The van der Waals surface area contributed by atoms with E-state index in [0.717, 1.165) is 30.5 Å². The third-order valence-electron chi connectivity index (χ3n) is 5.47.